The molecular weight excluding hydrogens is 342 g/mol. The summed E-state index contributed by atoms with van der Waals surface area (Å²) in [4.78, 5) is 19.6. The van der Waals surface area contributed by atoms with Crippen molar-refractivity contribution in [2.45, 2.75) is 45.1 Å². The summed E-state index contributed by atoms with van der Waals surface area (Å²) in [5.41, 5.74) is 0.975. The molecule has 6 nitrogen and oxygen atoms in total. The first-order valence-electron chi connectivity index (χ1n) is 9.87. The Balaban J connectivity index is 1.48. The van der Waals surface area contributed by atoms with E-state index in [2.05, 4.69) is 16.5 Å². The molecule has 0 saturated carbocycles. The van der Waals surface area contributed by atoms with Crippen molar-refractivity contribution >= 4 is 5.91 Å². The van der Waals surface area contributed by atoms with Crippen LogP contribution >= 0.6 is 0 Å². The van der Waals surface area contributed by atoms with Crippen LogP contribution in [-0.4, -0.2) is 46.7 Å². The molecule has 27 heavy (non-hydrogen) atoms. The van der Waals surface area contributed by atoms with Gasteiger partial charge in [0.2, 0.25) is 5.91 Å². The number of piperidine rings is 1. The van der Waals surface area contributed by atoms with E-state index in [1.54, 1.807) is 0 Å². The van der Waals surface area contributed by atoms with Gasteiger partial charge in [-0.25, -0.2) is 4.98 Å². The van der Waals surface area contributed by atoms with Gasteiger partial charge in [-0.2, -0.15) is 0 Å². The number of carbonyl (C=O) groups excluding carboxylic acids is 1. The number of nitrogens with zero attached hydrogens (tertiary/aromatic N) is 3. The van der Waals surface area contributed by atoms with Crippen molar-refractivity contribution in [1.82, 2.24) is 14.5 Å². The second kappa shape index (κ2) is 7.62. The number of fused-ring (bicyclic) bond motifs is 1. The minimum atomic E-state index is -0.201. The number of aromatic nitrogens is 2. The predicted octanol–water partition coefficient (Wildman–Crippen LogP) is 3.18. The minimum Gasteiger partial charge on any atom is -0.486 e. The van der Waals surface area contributed by atoms with E-state index in [1.165, 1.54) is 0 Å². The molecule has 4 rings (SSSR count). The van der Waals surface area contributed by atoms with Crippen molar-refractivity contribution < 1.29 is 14.3 Å². The average molecular weight is 369 g/mol. The number of likely N-dealkylation sites (tertiary alicyclic amines) is 1. The Hall–Kier alpha value is -2.50. The number of aryl methyl sites for hydroxylation is 1. The molecule has 3 heterocycles. The van der Waals surface area contributed by atoms with Crippen molar-refractivity contribution in [3.8, 4) is 11.5 Å². The van der Waals surface area contributed by atoms with Gasteiger partial charge in [-0.1, -0.05) is 13.0 Å². The van der Waals surface area contributed by atoms with Gasteiger partial charge in [0.25, 0.3) is 0 Å². The van der Waals surface area contributed by atoms with Crippen LogP contribution in [0.5, 0.6) is 11.5 Å². The largest absolute Gasteiger partial charge is 0.486 e. The fraction of sp³-hybridized carbons (Fsp3) is 0.524. The van der Waals surface area contributed by atoms with Crippen molar-refractivity contribution in [2.24, 2.45) is 0 Å². The minimum absolute atomic E-state index is 0.176. The van der Waals surface area contributed by atoms with Crippen molar-refractivity contribution in [3.05, 3.63) is 42.0 Å². The second-order valence-corrected chi connectivity index (χ2v) is 7.31. The van der Waals surface area contributed by atoms with Gasteiger partial charge in [-0.15, -0.1) is 0 Å². The molecule has 1 amide bonds. The van der Waals surface area contributed by atoms with Crippen LogP contribution in [0.4, 0.5) is 0 Å². The number of hydrogen-bond donors (Lipinski definition) is 0. The van der Waals surface area contributed by atoms with E-state index in [1.807, 2.05) is 42.4 Å². The molecule has 2 aliphatic heterocycles. The molecule has 0 spiro atoms. The third-order valence-corrected chi connectivity index (χ3v) is 5.60. The van der Waals surface area contributed by atoms with Crippen LogP contribution in [0.15, 0.2) is 30.6 Å². The smallest absolute Gasteiger partial charge is 0.229 e. The summed E-state index contributed by atoms with van der Waals surface area (Å²) in [6, 6.07) is 6.14. The number of amides is 1. The Morgan fingerprint density at radius 3 is 2.93 bits per heavy atom. The van der Waals surface area contributed by atoms with Crippen LogP contribution in [-0.2, 0) is 11.2 Å². The summed E-state index contributed by atoms with van der Waals surface area (Å²) in [6.45, 7) is 6.79. The highest BCUT2D eigenvalue weighted by molar-refractivity contribution is 5.83. The van der Waals surface area contributed by atoms with E-state index >= 15 is 0 Å². The number of benzene rings is 1. The third-order valence-electron chi connectivity index (χ3n) is 5.60. The van der Waals surface area contributed by atoms with E-state index in [9.17, 15) is 4.79 Å². The van der Waals surface area contributed by atoms with Crippen LogP contribution < -0.4 is 9.47 Å². The molecule has 2 unspecified atom stereocenters. The van der Waals surface area contributed by atoms with Gasteiger partial charge in [0.15, 0.2) is 11.5 Å². The maximum Gasteiger partial charge on any atom is 0.229 e. The van der Waals surface area contributed by atoms with Gasteiger partial charge in [0, 0.05) is 31.9 Å². The van der Waals surface area contributed by atoms with Gasteiger partial charge in [-0.05, 0) is 37.5 Å². The summed E-state index contributed by atoms with van der Waals surface area (Å²) in [5, 5.41) is 0. The lowest BCUT2D eigenvalue weighted by Gasteiger charge is -2.35. The number of hydrogen-bond acceptors (Lipinski definition) is 4. The molecule has 0 bridgehead atoms. The van der Waals surface area contributed by atoms with E-state index in [-0.39, 0.29) is 11.8 Å². The van der Waals surface area contributed by atoms with E-state index < -0.39 is 0 Å². The monoisotopic (exact) mass is 369 g/mol. The van der Waals surface area contributed by atoms with Gasteiger partial charge >= 0.3 is 0 Å². The number of carbonyl (C=O) groups is 1. The molecule has 2 aliphatic rings. The zero-order chi connectivity index (χ0) is 18.8. The fourth-order valence-electron chi connectivity index (χ4n) is 4.08. The lowest BCUT2D eigenvalue weighted by atomic mass is 9.96. The van der Waals surface area contributed by atoms with E-state index in [0.29, 0.717) is 19.3 Å². The van der Waals surface area contributed by atoms with Crippen molar-refractivity contribution in [3.63, 3.8) is 0 Å². The highest BCUT2D eigenvalue weighted by Gasteiger charge is 2.29. The predicted molar refractivity (Wildman–Crippen MR) is 102 cm³/mol. The molecule has 144 valence electrons. The molecule has 1 saturated heterocycles. The molecule has 1 aromatic heterocycles. The maximum atomic E-state index is 13.2. The Labute approximate surface area is 160 Å². The van der Waals surface area contributed by atoms with E-state index in [4.69, 9.17) is 9.47 Å². The maximum absolute atomic E-state index is 13.2. The van der Waals surface area contributed by atoms with Gasteiger partial charge in [-0.3, -0.25) is 4.79 Å². The van der Waals surface area contributed by atoms with Crippen LogP contribution in [0.2, 0.25) is 0 Å². The molecule has 1 aromatic carbocycles. The van der Waals surface area contributed by atoms with E-state index in [0.717, 1.165) is 55.2 Å². The average Bonchev–Trinajstić information content (AvgIpc) is 3.21. The molecule has 0 aliphatic carbocycles. The SMILES string of the molecule is CCc1nccn1C1CCCN(C(=O)C(C)c2ccc3c(c2)OCCO3)C1. The fourth-order valence-corrected chi connectivity index (χ4v) is 4.08. The van der Waals surface area contributed by atoms with Crippen molar-refractivity contribution in [1.29, 1.82) is 0 Å². The van der Waals surface area contributed by atoms with Crippen LogP contribution in [0.1, 0.15) is 50.0 Å². The molecule has 0 radical (unpaired) electrons. The van der Waals surface area contributed by atoms with Gasteiger partial charge in [0.1, 0.15) is 19.0 Å². The van der Waals surface area contributed by atoms with Crippen LogP contribution in [0.3, 0.4) is 0 Å². The highest BCUT2D eigenvalue weighted by atomic mass is 16.6. The Morgan fingerprint density at radius 2 is 2.11 bits per heavy atom. The van der Waals surface area contributed by atoms with Crippen molar-refractivity contribution in [2.75, 3.05) is 26.3 Å². The Morgan fingerprint density at radius 1 is 1.30 bits per heavy atom. The summed E-state index contributed by atoms with van der Waals surface area (Å²) >= 11 is 0. The zero-order valence-corrected chi connectivity index (χ0v) is 16.1. The summed E-state index contributed by atoms with van der Waals surface area (Å²) < 4.78 is 13.5. The molecule has 6 heteroatoms. The first kappa shape index (κ1) is 17.9. The molecule has 2 aromatic rings. The Kier molecular flexibility index (Phi) is 5.05. The van der Waals surface area contributed by atoms with Gasteiger partial charge < -0.3 is 18.9 Å². The molecule has 0 N–H and O–H groups in total. The first-order valence-corrected chi connectivity index (χ1v) is 9.87. The molecular formula is C21H27N3O3. The number of rotatable bonds is 4. The number of imidazole rings is 1. The van der Waals surface area contributed by atoms with Gasteiger partial charge in [0.05, 0.1) is 12.0 Å². The molecule has 1 fully saturated rings. The number of ether oxygens (including phenoxy) is 2. The third kappa shape index (κ3) is 3.53. The highest BCUT2D eigenvalue weighted by Crippen LogP contribution is 2.34. The van der Waals surface area contributed by atoms with Crippen LogP contribution in [0.25, 0.3) is 0 Å². The Bertz CT molecular complexity index is 817. The quantitative estimate of drug-likeness (QED) is 0.831. The topological polar surface area (TPSA) is 56.6 Å². The first-order chi connectivity index (χ1) is 13.2. The lowest BCUT2D eigenvalue weighted by molar-refractivity contribution is -0.134. The summed E-state index contributed by atoms with van der Waals surface area (Å²) in [7, 11) is 0. The normalized spacial score (nSPS) is 20.4. The summed E-state index contributed by atoms with van der Waals surface area (Å²) in [5.74, 6) is 2.56. The molecule has 2 atom stereocenters. The second-order valence-electron chi connectivity index (χ2n) is 7.31. The van der Waals surface area contributed by atoms with Crippen LogP contribution in [0, 0.1) is 0 Å². The summed E-state index contributed by atoms with van der Waals surface area (Å²) in [6.07, 6.45) is 6.92. The lowest BCUT2D eigenvalue weighted by Crippen LogP contribution is -2.42. The zero-order valence-electron chi connectivity index (χ0n) is 16.1. The standard InChI is InChI=1S/C21H27N3O3/c1-3-20-22-8-10-24(20)17-5-4-9-23(14-17)21(25)15(2)16-6-7-18-19(13-16)27-12-11-26-18/h6-8,10,13,15,17H,3-5,9,11-12,14H2,1-2H3.